The second-order valence-electron chi connectivity index (χ2n) is 8.31. The van der Waals surface area contributed by atoms with E-state index in [0.29, 0.717) is 22.3 Å². The maximum absolute atomic E-state index is 13.9. The third-order valence-corrected chi connectivity index (χ3v) is 6.48. The van der Waals surface area contributed by atoms with Gasteiger partial charge in [0.25, 0.3) is 5.56 Å². The molecular weight excluding hydrogens is 441 g/mol. The van der Waals surface area contributed by atoms with Gasteiger partial charge in [0.05, 0.1) is 23.3 Å². The predicted octanol–water partition coefficient (Wildman–Crippen LogP) is 5.10. The van der Waals surface area contributed by atoms with Crippen molar-refractivity contribution in [3.05, 3.63) is 109 Å². The molecule has 0 aliphatic heterocycles. The van der Waals surface area contributed by atoms with Crippen LogP contribution in [-0.2, 0) is 13.6 Å². The van der Waals surface area contributed by atoms with Crippen molar-refractivity contribution in [1.82, 2.24) is 13.7 Å². The molecule has 7 heteroatoms. The van der Waals surface area contributed by atoms with Crippen molar-refractivity contribution in [2.75, 3.05) is 0 Å². The van der Waals surface area contributed by atoms with Crippen molar-refractivity contribution >= 4 is 33.5 Å². The molecule has 0 saturated carbocycles. The minimum atomic E-state index is -0.476. The molecule has 33 heavy (non-hydrogen) atoms. The number of aryl methyl sites for hydroxylation is 3. The lowest BCUT2D eigenvalue weighted by Crippen LogP contribution is -2.40. The highest BCUT2D eigenvalue weighted by molar-refractivity contribution is 6.31. The normalized spacial score (nSPS) is 11.5. The molecule has 5 rings (SSSR count). The number of rotatable bonds is 3. The summed E-state index contributed by atoms with van der Waals surface area (Å²) in [6.07, 6.45) is 0. The summed E-state index contributed by atoms with van der Waals surface area (Å²) < 4.78 is 18.2. The quantitative estimate of drug-likeness (QED) is 0.375. The van der Waals surface area contributed by atoms with Gasteiger partial charge in [-0.25, -0.2) is 13.8 Å². The Kier molecular flexibility index (Phi) is 4.98. The van der Waals surface area contributed by atoms with Gasteiger partial charge in [-0.15, -0.1) is 0 Å². The first-order valence-corrected chi connectivity index (χ1v) is 10.9. The van der Waals surface area contributed by atoms with E-state index in [1.807, 2.05) is 55.8 Å². The second-order valence-corrected chi connectivity index (χ2v) is 8.72. The molecule has 0 unspecified atom stereocenters. The van der Waals surface area contributed by atoms with E-state index in [4.69, 9.17) is 11.6 Å². The zero-order valence-corrected chi connectivity index (χ0v) is 19.2. The van der Waals surface area contributed by atoms with E-state index in [-0.39, 0.29) is 17.1 Å². The molecule has 0 amide bonds. The smallest absolute Gasteiger partial charge is 0.336 e. The Hall–Kier alpha value is -3.64. The van der Waals surface area contributed by atoms with Crippen LogP contribution in [0.1, 0.15) is 16.7 Å². The van der Waals surface area contributed by atoms with E-state index < -0.39 is 11.5 Å². The topological polar surface area (TPSA) is 48.9 Å². The van der Waals surface area contributed by atoms with E-state index in [9.17, 15) is 14.0 Å². The third kappa shape index (κ3) is 3.29. The van der Waals surface area contributed by atoms with Gasteiger partial charge in [0, 0.05) is 17.5 Å². The molecule has 0 aliphatic carbocycles. The van der Waals surface area contributed by atoms with Gasteiger partial charge in [-0.3, -0.25) is 9.36 Å². The highest BCUT2D eigenvalue weighted by Gasteiger charge is 2.22. The fourth-order valence-corrected chi connectivity index (χ4v) is 4.69. The Morgan fingerprint density at radius 2 is 1.70 bits per heavy atom. The minimum absolute atomic E-state index is 0.0909. The standard InChI is InChI=1S/C26H21ClFN3O2/c1-15-8-11-22-19(12-15)23-24(29(22)3)25(32)31(21-7-5-4-6-16(21)2)26(33)30(23)14-17-9-10-18(28)13-20(17)27/h4-13H,14H2,1-3H3. The molecular formula is C26H21ClFN3O2. The monoisotopic (exact) mass is 461 g/mol. The van der Waals surface area contributed by atoms with Crippen molar-refractivity contribution in [2.45, 2.75) is 20.4 Å². The number of nitrogens with zero attached hydrogens (tertiary/aromatic N) is 3. The molecule has 2 heterocycles. The number of benzene rings is 3. The van der Waals surface area contributed by atoms with Gasteiger partial charge in [-0.05, 0) is 55.3 Å². The van der Waals surface area contributed by atoms with Crippen LogP contribution in [0.3, 0.4) is 0 Å². The SMILES string of the molecule is Cc1ccc2c(c1)c1c(c(=O)n(-c3ccccc3C)c(=O)n1Cc1ccc(F)cc1Cl)n2C. The maximum Gasteiger partial charge on any atom is 0.336 e. The van der Waals surface area contributed by atoms with Crippen molar-refractivity contribution in [2.24, 2.45) is 7.05 Å². The fourth-order valence-electron chi connectivity index (χ4n) is 4.46. The van der Waals surface area contributed by atoms with E-state index in [0.717, 1.165) is 22.0 Å². The van der Waals surface area contributed by atoms with Crippen molar-refractivity contribution in [3.8, 4) is 5.69 Å². The van der Waals surface area contributed by atoms with Crippen LogP contribution in [0, 0.1) is 19.7 Å². The number of hydrogen-bond acceptors (Lipinski definition) is 2. The van der Waals surface area contributed by atoms with Gasteiger partial charge in [0.2, 0.25) is 0 Å². The molecule has 0 aliphatic rings. The molecule has 0 saturated heterocycles. The van der Waals surface area contributed by atoms with Crippen LogP contribution in [0.15, 0.2) is 70.3 Å². The summed E-state index contributed by atoms with van der Waals surface area (Å²) in [7, 11) is 1.82. The van der Waals surface area contributed by atoms with Crippen LogP contribution in [-0.4, -0.2) is 13.7 Å². The summed E-state index contributed by atoms with van der Waals surface area (Å²) in [6, 6.07) is 17.3. The van der Waals surface area contributed by atoms with Crippen LogP contribution < -0.4 is 11.2 Å². The number of hydrogen-bond donors (Lipinski definition) is 0. The highest BCUT2D eigenvalue weighted by Crippen LogP contribution is 2.28. The first kappa shape index (κ1) is 21.2. The summed E-state index contributed by atoms with van der Waals surface area (Å²) >= 11 is 6.32. The summed E-state index contributed by atoms with van der Waals surface area (Å²) in [5, 5.41) is 1.02. The van der Waals surface area contributed by atoms with Crippen molar-refractivity contribution in [3.63, 3.8) is 0 Å². The van der Waals surface area contributed by atoms with Crippen LogP contribution in [0.25, 0.3) is 27.6 Å². The van der Waals surface area contributed by atoms with Crippen LogP contribution in [0.4, 0.5) is 4.39 Å². The van der Waals surface area contributed by atoms with Gasteiger partial charge in [-0.1, -0.05) is 47.5 Å². The zero-order chi connectivity index (χ0) is 23.4. The largest absolute Gasteiger partial charge is 0.338 e. The van der Waals surface area contributed by atoms with Crippen LogP contribution >= 0.6 is 11.6 Å². The second kappa shape index (κ2) is 7.74. The molecule has 0 atom stereocenters. The first-order valence-electron chi connectivity index (χ1n) is 10.5. The number of fused-ring (bicyclic) bond motifs is 3. The van der Waals surface area contributed by atoms with E-state index in [2.05, 4.69) is 0 Å². The fraction of sp³-hybridized carbons (Fsp3) is 0.154. The van der Waals surface area contributed by atoms with Gasteiger partial charge >= 0.3 is 5.69 Å². The minimum Gasteiger partial charge on any atom is -0.338 e. The molecule has 166 valence electrons. The van der Waals surface area contributed by atoms with E-state index in [1.165, 1.54) is 16.7 Å². The summed E-state index contributed by atoms with van der Waals surface area (Å²) in [6.45, 7) is 3.91. The highest BCUT2D eigenvalue weighted by atomic mass is 35.5. The summed E-state index contributed by atoms with van der Waals surface area (Å²) in [5.41, 5.74) is 3.85. The molecule has 0 fully saturated rings. The van der Waals surface area contributed by atoms with Crippen LogP contribution in [0.2, 0.25) is 5.02 Å². The summed E-state index contributed by atoms with van der Waals surface area (Å²) in [5.74, 6) is -0.452. The first-order chi connectivity index (χ1) is 15.8. The Morgan fingerprint density at radius 1 is 0.939 bits per heavy atom. The van der Waals surface area contributed by atoms with Crippen molar-refractivity contribution < 1.29 is 4.39 Å². The molecule has 5 aromatic rings. The van der Waals surface area contributed by atoms with Gasteiger partial charge in [0.1, 0.15) is 11.3 Å². The number of aromatic nitrogens is 3. The lowest BCUT2D eigenvalue weighted by atomic mass is 10.1. The van der Waals surface area contributed by atoms with Gasteiger partial charge in [-0.2, -0.15) is 0 Å². The average molecular weight is 462 g/mol. The molecule has 2 aromatic heterocycles. The maximum atomic E-state index is 13.9. The molecule has 0 N–H and O–H groups in total. The molecule has 0 spiro atoms. The third-order valence-electron chi connectivity index (χ3n) is 6.13. The lowest BCUT2D eigenvalue weighted by molar-refractivity contribution is 0.626. The van der Waals surface area contributed by atoms with Gasteiger partial charge < -0.3 is 4.57 Å². The van der Waals surface area contributed by atoms with Crippen LogP contribution in [0.5, 0.6) is 0 Å². The predicted molar refractivity (Wildman–Crippen MR) is 130 cm³/mol. The zero-order valence-electron chi connectivity index (χ0n) is 18.4. The Labute approximate surface area is 193 Å². The van der Waals surface area contributed by atoms with Crippen molar-refractivity contribution in [1.29, 1.82) is 0 Å². The van der Waals surface area contributed by atoms with Gasteiger partial charge in [0.15, 0.2) is 0 Å². The molecule has 5 nitrogen and oxygen atoms in total. The number of halogens is 2. The summed E-state index contributed by atoms with van der Waals surface area (Å²) in [4.78, 5) is 27.6. The van der Waals surface area contributed by atoms with E-state index >= 15 is 0 Å². The molecule has 0 bridgehead atoms. The molecule has 3 aromatic carbocycles. The lowest BCUT2D eigenvalue weighted by Gasteiger charge is -2.15. The Bertz CT molecular complexity index is 1690. The Balaban J connectivity index is 1.97. The number of para-hydroxylation sites is 1. The van der Waals surface area contributed by atoms with E-state index in [1.54, 1.807) is 22.8 Å². The molecule has 0 radical (unpaired) electrons. The Morgan fingerprint density at radius 3 is 2.42 bits per heavy atom. The average Bonchev–Trinajstić information content (AvgIpc) is 3.05.